The molecule has 0 radical (unpaired) electrons. The Labute approximate surface area is 124 Å². The summed E-state index contributed by atoms with van der Waals surface area (Å²) in [5.74, 6) is 0.292. The third-order valence-corrected chi connectivity index (χ3v) is 5.81. The highest BCUT2D eigenvalue weighted by Crippen LogP contribution is 2.22. The van der Waals surface area contributed by atoms with Crippen LogP contribution in [0.5, 0.6) is 0 Å². The first kappa shape index (κ1) is 15.9. The standard InChI is InChI=1S/C13H22N2O3S2/c1-10(2)14-8-12-13(4-6-19-12)20(16,17)15-7-11-3-5-18-9-11/h4,6,10-11,14-15H,3,5,7-9H2,1-2H3. The number of rotatable bonds is 7. The molecule has 0 bridgehead atoms. The monoisotopic (exact) mass is 318 g/mol. The topological polar surface area (TPSA) is 67.4 Å². The zero-order chi connectivity index (χ0) is 14.6. The van der Waals surface area contributed by atoms with E-state index in [1.807, 2.05) is 19.2 Å². The fourth-order valence-electron chi connectivity index (χ4n) is 2.04. The van der Waals surface area contributed by atoms with Gasteiger partial charge in [0.2, 0.25) is 10.0 Å². The molecule has 2 rings (SSSR count). The summed E-state index contributed by atoms with van der Waals surface area (Å²) < 4.78 is 32.6. The summed E-state index contributed by atoms with van der Waals surface area (Å²) in [5.41, 5.74) is 0. The largest absolute Gasteiger partial charge is 0.381 e. The first-order valence-electron chi connectivity index (χ1n) is 6.86. The number of thiophene rings is 1. The average Bonchev–Trinajstić information content (AvgIpc) is 3.05. The molecule has 114 valence electrons. The van der Waals surface area contributed by atoms with E-state index in [-0.39, 0.29) is 0 Å². The second-order valence-corrected chi connectivity index (χ2v) is 8.06. The summed E-state index contributed by atoms with van der Waals surface area (Å²) in [4.78, 5) is 1.25. The van der Waals surface area contributed by atoms with E-state index >= 15 is 0 Å². The first-order chi connectivity index (χ1) is 9.49. The highest BCUT2D eigenvalue weighted by Gasteiger charge is 2.23. The fraction of sp³-hybridized carbons (Fsp3) is 0.692. The molecule has 1 aromatic rings. The van der Waals surface area contributed by atoms with E-state index in [1.54, 1.807) is 6.07 Å². The van der Waals surface area contributed by atoms with Gasteiger partial charge in [-0.2, -0.15) is 0 Å². The molecule has 0 saturated carbocycles. The molecule has 0 amide bonds. The number of hydrogen-bond acceptors (Lipinski definition) is 5. The summed E-state index contributed by atoms with van der Waals surface area (Å²) in [6, 6.07) is 2.01. The predicted molar refractivity (Wildman–Crippen MR) is 80.4 cm³/mol. The summed E-state index contributed by atoms with van der Waals surface area (Å²) in [7, 11) is -3.42. The lowest BCUT2D eigenvalue weighted by molar-refractivity contribution is 0.186. The summed E-state index contributed by atoms with van der Waals surface area (Å²) >= 11 is 1.47. The second kappa shape index (κ2) is 7.00. The van der Waals surface area contributed by atoms with Gasteiger partial charge in [0.05, 0.1) is 11.5 Å². The van der Waals surface area contributed by atoms with Crippen LogP contribution in [0.4, 0.5) is 0 Å². The van der Waals surface area contributed by atoms with Crippen molar-refractivity contribution in [1.29, 1.82) is 0 Å². The third kappa shape index (κ3) is 4.26. The minimum Gasteiger partial charge on any atom is -0.381 e. The van der Waals surface area contributed by atoms with Gasteiger partial charge in [0.1, 0.15) is 0 Å². The molecule has 5 nitrogen and oxygen atoms in total. The maximum absolute atomic E-state index is 12.3. The maximum Gasteiger partial charge on any atom is 0.241 e. The van der Waals surface area contributed by atoms with Crippen molar-refractivity contribution < 1.29 is 13.2 Å². The molecule has 1 aliphatic rings. The highest BCUT2D eigenvalue weighted by molar-refractivity contribution is 7.89. The van der Waals surface area contributed by atoms with Crippen LogP contribution in [0, 0.1) is 5.92 Å². The van der Waals surface area contributed by atoms with Gasteiger partial charge in [0.25, 0.3) is 0 Å². The Morgan fingerprint density at radius 3 is 2.95 bits per heavy atom. The molecular formula is C13H22N2O3S2. The Balaban J connectivity index is 1.99. The average molecular weight is 318 g/mol. The zero-order valence-corrected chi connectivity index (χ0v) is 13.5. The molecule has 1 fully saturated rings. The van der Waals surface area contributed by atoms with Gasteiger partial charge in [-0.05, 0) is 23.8 Å². The van der Waals surface area contributed by atoms with Crippen molar-refractivity contribution in [2.24, 2.45) is 5.92 Å². The van der Waals surface area contributed by atoms with Gasteiger partial charge in [-0.3, -0.25) is 0 Å². The number of ether oxygens (including phenoxy) is 1. The number of sulfonamides is 1. The second-order valence-electron chi connectivity index (χ2n) is 5.33. The van der Waals surface area contributed by atoms with Gasteiger partial charge in [-0.25, -0.2) is 13.1 Å². The molecular weight excluding hydrogens is 296 g/mol. The van der Waals surface area contributed by atoms with Crippen molar-refractivity contribution in [3.63, 3.8) is 0 Å². The van der Waals surface area contributed by atoms with Crippen molar-refractivity contribution >= 4 is 21.4 Å². The Kier molecular flexibility index (Phi) is 5.57. The molecule has 1 aromatic heterocycles. The number of nitrogens with one attached hydrogen (secondary N) is 2. The Hall–Kier alpha value is -0.470. The quantitative estimate of drug-likeness (QED) is 0.801. The van der Waals surface area contributed by atoms with E-state index in [4.69, 9.17) is 4.74 Å². The van der Waals surface area contributed by atoms with Crippen LogP contribution >= 0.6 is 11.3 Å². The molecule has 2 N–H and O–H groups in total. The van der Waals surface area contributed by atoms with Gasteiger partial charge >= 0.3 is 0 Å². The van der Waals surface area contributed by atoms with Crippen molar-refractivity contribution in [2.45, 2.75) is 37.8 Å². The van der Waals surface area contributed by atoms with Crippen LogP contribution in [-0.2, 0) is 21.3 Å². The van der Waals surface area contributed by atoms with Crippen molar-refractivity contribution in [3.8, 4) is 0 Å². The Bertz CT molecular complexity index is 519. The van der Waals surface area contributed by atoms with Crippen molar-refractivity contribution in [3.05, 3.63) is 16.3 Å². The highest BCUT2D eigenvalue weighted by atomic mass is 32.2. The van der Waals surface area contributed by atoms with Gasteiger partial charge in [-0.15, -0.1) is 11.3 Å². The summed E-state index contributed by atoms with van der Waals surface area (Å²) in [6.07, 6.45) is 0.925. The Morgan fingerprint density at radius 1 is 1.50 bits per heavy atom. The van der Waals surface area contributed by atoms with Crippen LogP contribution < -0.4 is 10.0 Å². The van der Waals surface area contributed by atoms with Crippen LogP contribution in [0.3, 0.4) is 0 Å². The summed E-state index contributed by atoms with van der Waals surface area (Å²) in [6.45, 7) is 6.50. The number of hydrogen-bond donors (Lipinski definition) is 2. The van der Waals surface area contributed by atoms with E-state index in [0.29, 0.717) is 36.6 Å². The third-order valence-electron chi connectivity index (χ3n) is 3.25. The van der Waals surface area contributed by atoms with Gasteiger partial charge in [0.15, 0.2) is 0 Å². The minimum atomic E-state index is -3.42. The van der Waals surface area contributed by atoms with Crippen LogP contribution in [0.25, 0.3) is 0 Å². The van der Waals surface area contributed by atoms with Crippen molar-refractivity contribution in [1.82, 2.24) is 10.0 Å². The lowest BCUT2D eigenvalue weighted by atomic mass is 10.1. The van der Waals surface area contributed by atoms with Crippen LogP contribution in [0.1, 0.15) is 25.1 Å². The molecule has 7 heteroatoms. The van der Waals surface area contributed by atoms with Crippen LogP contribution in [-0.4, -0.2) is 34.2 Å². The molecule has 1 unspecified atom stereocenters. The fourth-order valence-corrected chi connectivity index (χ4v) is 4.55. The molecule has 0 aliphatic carbocycles. The zero-order valence-electron chi connectivity index (χ0n) is 11.9. The van der Waals surface area contributed by atoms with Crippen LogP contribution in [0.15, 0.2) is 16.3 Å². The molecule has 1 atom stereocenters. The van der Waals surface area contributed by atoms with Crippen molar-refractivity contribution in [2.75, 3.05) is 19.8 Å². The van der Waals surface area contributed by atoms with E-state index < -0.39 is 10.0 Å². The lowest BCUT2D eigenvalue weighted by Gasteiger charge is -2.12. The maximum atomic E-state index is 12.3. The van der Waals surface area contributed by atoms with Crippen LogP contribution in [0.2, 0.25) is 0 Å². The SMILES string of the molecule is CC(C)NCc1sccc1S(=O)(=O)NCC1CCOC1. The molecule has 0 spiro atoms. The van der Waals surface area contributed by atoms with E-state index in [9.17, 15) is 8.42 Å². The lowest BCUT2D eigenvalue weighted by Crippen LogP contribution is -2.30. The van der Waals surface area contributed by atoms with E-state index in [0.717, 1.165) is 17.9 Å². The van der Waals surface area contributed by atoms with E-state index in [1.165, 1.54) is 11.3 Å². The van der Waals surface area contributed by atoms with E-state index in [2.05, 4.69) is 10.0 Å². The normalized spacial score (nSPS) is 19.9. The molecule has 1 saturated heterocycles. The molecule has 1 aliphatic heterocycles. The molecule has 2 heterocycles. The summed E-state index contributed by atoms with van der Waals surface area (Å²) in [5, 5.41) is 5.08. The molecule has 0 aromatic carbocycles. The minimum absolute atomic E-state index is 0.292. The Morgan fingerprint density at radius 2 is 2.30 bits per heavy atom. The van der Waals surface area contributed by atoms with Gasteiger partial charge in [0, 0.05) is 30.6 Å². The van der Waals surface area contributed by atoms with Gasteiger partial charge < -0.3 is 10.1 Å². The molecule has 20 heavy (non-hydrogen) atoms. The predicted octanol–water partition coefficient (Wildman–Crippen LogP) is 1.56. The smallest absolute Gasteiger partial charge is 0.241 e. The van der Waals surface area contributed by atoms with Gasteiger partial charge in [-0.1, -0.05) is 13.8 Å². The first-order valence-corrected chi connectivity index (χ1v) is 9.22.